The van der Waals surface area contributed by atoms with Crippen LogP contribution in [-0.4, -0.2) is 20.3 Å². The lowest BCUT2D eigenvalue weighted by atomic mass is 10.3. The Morgan fingerprint density at radius 2 is 2.00 bits per heavy atom. The van der Waals surface area contributed by atoms with Crippen molar-refractivity contribution in [2.24, 2.45) is 0 Å². The molecule has 1 rings (SSSR count). The molecule has 0 N–H and O–H groups in total. The molecule has 1 aromatic rings. The first-order chi connectivity index (χ1) is 6.74. The second kappa shape index (κ2) is 6.12. The molecular weight excluding hydrogens is 223 g/mol. The van der Waals surface area contributed by atoms with E-state index in [4.69, 9.17) is 32.7 Å². The highest BCUT2D eigenvalue weighted by atomic mass is 35.5. The van der Waals surface area contributed by atoms with Crippen molar-refractivity contribution in [3.05, 3.63) is 28.2 Å². The van der Waals surface area contributed by atoms with Crippen LogP contribution in [0.15, 0.2) is 18.2 Å². The summed E-state index contributed by atoms with van der Waals surface area (Å²) in [4.78, 5) is 0. The van der Waals surface area contributed by atoms with E-state index in [2.05, 4.69) is 0 Å². The molecule has 0 amide bonds. The monoisotopic (exact) mass is 234 g/mol. The Bertz CT molecular complexity index is 289. The van der Waals surface area contributed by atoms with E-state index in [1.165, 1.54) is 0 Å². The number of benzene rings is 1. The van der Waals surface area contributed by atoms with Gasteiger partial charge in [-0.15, -0.1) is 0 Å². The van der Waals surface area contributed by atoms with E-state index in [0.717, 1.165) is 6.42 Å². The lowest BCUT2D eigenvalue weighted by Crippen LogP contribution is -2.01. The average molecular weight is 235 g/mol. The van der Waals surface area contributed by atoms with Crippen molar-refractivity contribution in [2.45, 2.75) is 6.42 Å². The normalized spacial score (nSPS) is 10.2. The molecule has 78 valence electrons. The Balaban J connectivity index is 2.45. The summed E-state index contributed by atoms with van der Waals surface area (Å²) in [7, 11) is 1.66. The molecule has 0 unspecified atom stereocenters. The van der Waals surface area contributed by atoms with Crippen molar-refractivity contribution >= 4 is 23.2 Å². The van der Waals surface area contributed by atoms with E-state index in [0.29, 0.717) is 29.0 Å². The third-order valence-corrected chi connectivity index (χ3v) is 2.19. The third-order valence-electron chi connectivity index (χ3n) is 1.64. The van der Waals surface area contributed by atoms with Gasteiger partial charge in [0.1, 0.15) is 5.75 Å². The van der Waals surface area contributed by atoms with Gasteiger partial charge in [0.2, 0.25) is 0 Å². The lowest BCUT2D eigenvalue weighted by molar-refractivity contribution is 0.172. The van der Waals surface area contributed by atoms with Gasteiger partial charge in [-0.25, -0.2) is 0 Å². The maximum atomic E-state index is 5.89. The Kier molecular flexibility index (Phi) is 5.09. The van der Waals surface area contributed by atoms with Gasteiger partial charge < -0.3 is 9.47 Å². The molecular formula is C10H12Cl2O2. The molecule has 0 aliphatic rings. The number of hydrogen-bond acceptors (Lipinski definition) is 2. The fraction of sp³-hybridized carbons (Fsp3) is 0.400. The van der Waals surface area contributed by atoms with Gasteiger partial charge in [-0.3, -0.25) is 0 Å². The molecule has 0 fully saturated rings. The van der Waals surface area contributed by atoms with E-state index < -0.39 is 0 Å². The van der Waals surface area contributed by atoms with E-state index >= 15 is 0 Å². The lowest BCUT2D eigenvalue weighted by Gasteiger charge is -2.07. The summed E-state index contributed by atoms with van der Waals surface area (Å²) >= 11 is 11.7. The van der Waals surface area contributed by atoms with Gasteiger partial charge in [0.15, 0.2) is 0 Å². The average Bonchev–Trinajstić information content (AvgIpc) is 2.18. The van der Waals surface area contributed by atoms with Crippen molar-refractivity contribution in [2.75, 3.05) is 20.3 Å². The van der Waals surface area contributed by atoms with Gasteiger partial charge in [-0.1, -0.05) is 23.2 Å². The molecule has 0 saturated heterocycles. The molecule has 0 aromatic heterocycles. The summed E-state index contributed by atoms with van der Waals surface area (Å²) in [6, 6.07) is 5.15. The molecule has 14 heavy (non-hydrogen) atoms. The minimum atomic E-state index is 0.576. The molecule has 0 heterocycles. The first kappa shape index (κ1) is 11.6. The molecule has 0 bridgehead atoms. The fourth-order valence-electron chi connectivity index (χ4n) is 0.973. The van der Waals surface area contributed by atoms with Crippen LogP contribution in [0, 0.1) is 0 Å². The Hall–Kier alpha value is -0.440. The second-order valence-electron chi connectivity index (χ2n) is 2.77. The van der Waals surface area contributed by atoms with E-state index in [1.807, 2.05) is 0 Å². The predicted molar refractivity (Wildman–Crippen MR) is 58.5 cm³/mol. The second-order valence-corrected chi connectivity index (χ2v) is 3.61. The van der Waals surface area contributed by atoms with Crippen LogP contribution in [0.1, 0.15) is 6.42 Å². The highest BCUT2D eigenvalue weighted by Gasteiger charge is 2.01. The summed E-state index contributed by atoms with van der Waals surface area (Å²) in [6.45, 7) is 1.26. The molecule has 0 radical (unpaired) electrons. The van der Waals surface area contributed by atoms with Crippen LogP contribution in [0.4, 0.5) is 0 Å². The van der Waals surface area contributed by atoms with Gasteiger partial charge in [-0.05, 0) is 12.1 Å². The summed E-state index contributed by atoms with van der Waals surface area (Å²) in [6.07, 6.45) is 0.833. The molecule has 0 spiro atoms. The van der Waals surface area contributed by atoms with Crippen molar-refractivity contribution in [1.82, 2.24) is 0 Å². The van der Waals surface area contributed by atoms with Crippen LogP contribution < -0.4 is 4.74 Å². The number of hydrogen-bond donors (Lipinski definition) is 0. The zero-order chi connectivity index (χ0) is 10.4. The third kappa shape index (κ3) is 3.74. The first-order valence-corrected chi connectivity index (χ1v) is 5.06. The Morgan fingerprint density at radius 1 is 1.21 bits per heavy atom. The van der Waals surface area contributed by atoms with Gasteiger partial charge >= 0.3 is 0 Å². The maximum absolute atomic E-state index is 5.89. The van der Waals surface area contributed by atoms with Gasteiger partial charge in [-0.2, -0.15) is 0 Å². The molecule has 4 heteroatoms. The summed E-state index contributed by atoms with van der Waals surface area (Å²) in [5.41, 5.74) is 0. The smallest absolute Gasteiger partial charge is 0.139 e. The number of methoxy groups -OCH3 is 1. The number of ether oxygens (including phenoxy) is 2. The number of rotatable bonds is 5. The van der Waals surface area contributed by atoms with Crippen molar-refractivity contribution in [1.29, 1.82) is 0 Å². The van der Waals surface area contributed by atoms with Crippen LogP contribution in [0.5, 0.6) is 5.75 Å². The number of halogens is 2. The van der Waals surface area contributed by atoms with Crippen molar-refractivity contribution in [3.63, 3.8) is 0 Å². The van der Waals surface area contributed by atoms with Crippen LogP contribution in [-0.2, 0) is 4.74 Å². The van der Waals surface area contributed by atoms with Crippen LogP contribution in [0.25, 0.3) is 0 Å². The molecule has 0 saturated carbocycles. The largest absolute Gasteiger partial charge is 0.492 e. The summed E-state index contributed by atoms with van der Waals surface area (Å²) in [5.74, 6) is 0.621. The zero-order valence-electron chi connectivity index (χ0n) is 7.93. The minimum absolute atomic E-state index is 0.576. The van der Waals surface area contributed by atoms with E-state index in [-0.39, 0.29) is 0 Å². The standard InChI is InChI=1S/C10H12Cl2O2/c1-13-5-2-6-14-10-7-8(11)3-4-9(10)12/h3-4,7H,2,5-6H2,1H3. The van der Waals surface area contributed by atoms with Crippen LogP contribution >= 0.6 is 23.2 Å². The van der Waals surface area contributed by atoms with Crippen LogP contribution in [0.2, 0.25) is 10.0 Å². The van der Waals surface area contributed by atoms with E-state index in [1.54, 1.807) is 25.3 Å². The molecule has 1 aromatic carbocycles. The Labute approximate surface area is 93.7 Å². The summed E-state index contributed by atoms with van der Waals surface area (Å²) < 4.78 is 10.3. The topological polar surface area (TPSA) is 18.5 Å². The highest BCUT2D eigenvalue weighted by molar-refractivity contribution is 6.34. The minimum Gasteiger partial charge on any atom is -0.492 e. The molecule has 0 atom stereocenters. The van der Waals surface area contributed by atoms with Gasteiger partial charge in [0, 0.05) is 31.2 Å². The zero-order valence-corrected chi connectivity index (χ0v) is 9.44. The molecule has 0 aliphatic heterocycles. The van der Waals surface area contributed by atoms with E-state index in [9.17, 15) is 0 Å². The summed E-state index contributed by atoms with van der Waals surface area (Å²) in [5, 5.41) is 1.20. The quantitative estimate of drug-likeness (QED) is 0.728. The highest BCUT2D eigenvalue weighted by Crippen LogP contribution is 2.27. The maximum Gasteiger partial charge on any atom is 0.139 e. The molecule has 0 aliphatic carbocycles. The molecule has 2 nitrogen and oxygen atoms in total. The van der Waals surface area contributed by atoms with Crippen molar-refractivity contribution in [3.8, 4) is 5.75 Å². The van der Waals surface area contributed by atoms with Crippen LogP contribution in [0.3, 0.4) is 0 Å². The fourth-order valence-corrected chi connectivity index (χ4v) is 1.31. The first-order valence-electron chi connectivity index (χ1n) is 4.31. The Morgan fingerprint density at radius 3 is 2.71 bits per heavy atom. The van der Waals surface area contributed by atoms with Crippen molar-refractivity contribution < 1.29 is 9.47 Å². The van der Waals surface area contributed by atoms with Gasteiger partial charge in [0.25, 0.3) is 0 Å². The SMILES string of the molecule is COCCCOc1cc(Cl)ccc1Cl. The predicted octanol–water partition coefficient (Wildman–Crippen LogP) is 3.41. The van der Waals surface area contributed by atoms with Gasteiger partial charge in [0.05, 0.1) is 11.6 Å².